The molecule has 0 fully saturated rings. The Balaban J connectivity index is 2.03. The Hall–Kier alpha value is -3.66. The van der Waals surface area contributed by atoms with E-state index in [4.69, 9.17) is 9.47 Å². The Morgan fingerprint density at radius 1 is 0.970 bits per heavy atom. The lowest BCUT2D eigenvalue weighted by atomic mass is 10.2. The average molecular weight is 477 g/mol. The predicted octanol–water partition coefficient (Wildman–Crippen LogP) is 4.12. The van der Waals surface area contributed by atoms with Gasteiger partial charge in [0.2, 0.25) is 5.91 Å². The normalized spacial score (nSPS) is 11.1. The Bertz CT molecular complexity index is 1260. The van der Waals surface area contributed by atoms with Crippen molar-refractivity contribution in [1.29, 1.82) is 0 Å². The third kappa shape index (κ3) is 5.40. The van der Waals surface area contributed by atoms with Gasteiger partial charge in [0.15, 0.2) is 0 Å². The number of benzene rings is 3. The zero-order chi connectivity index (χ0) is 24.2. The summed E-state index contributed by atoms with van der Waals surface area (Å²) in [4.78, 5) is 12.6. The first-order valence-corrected chi connectivity index (χ1v) is 11.2. The summed E-state index contributed by atoms with van der Waals surface area (Å²) < 4.78 is 65.9. The van der Waals surface area contributed by atoms with E-state index in [1.165, 1.54) is 50.6 Å². The second-order valence-corrected chi connectivity index (χ2v) is 8.87. The van der Waals surface area contributed by atoms with Gasteiger partial charge in [0.1, 0.15) is 34.6 Å². The molecule has 0 bridgehead atoms. The molecule has 7 nitrogen and oxygen atoms in total. The first-order chi connectivity index (χ1) is 15.6. The quantitative estimate of drug-likeness (QED) is 0.529. The van der Waals surface area contributed by atoms with E-state index in [0.29, 0.717) is 11.3 Å². The average Bonchev–Trinajstić information content (AvgIpc) is 2.80. The number of hydrogen-bond acceptors (Lipinski definition) is 5. The number of nitrogens with one attached hydrogen (secondary N) is 1. The van der Waals surface area contributed by atoms with E-state index in [1.54, 1.807) is 13.0 Å². The van der Waals surface area contributed by atoms with Crippen LogP contribution in [0.2, 0.25) is 0 Å². The van der Waals surface area contributed by atoms with E-state index < -0.39 is 39.8 Å². The van der Waals surface area contributed by atoms with Crippen molar-refractivity contribution >= 4 is 27.3 Å². The van der Waals surface area contributed by atoms with Gasteiger partial charge >= 0.3 is 0 Å². The summed E-state index contributed by atoms with van der Waals surface area (Å²) in [7, 11) is -1.51. The maximum atomic E-state index is 14.0. The van der Waals surface area contributed by atoms with Crippen LogP contribution in [0.25, 0.3) is 0 Å². The van der Waals surface area contributed by atoms with Crippen molar-refractivity contribution < 1.29 is 31.5 Å². The number of ether oxygens (including phenoxy) is 2. The number of carbonyl (C=O) groups excluding carboxylic acids is 1. The second-order valence-electron chi connectivity index (χ2n) is 7.04. The van der Waals surface area contributed by atoms with Crippen LogP contribution in [0.3, 0.4) is 0 Å². The molecule has 33 heavy (non-hydrogen) atoms. The van der Waals surface area contributed by atoms with E-state index in [9.17, 15) is 22.0 Å². The van der Waals surface area contributed by atoms with Crippen LogP contribution in [0, 0.1) is 18.6 Å². The summed E-state index contributed by atoms with van der Waals surface area (Å²) in [5.41, 5.74) is 0.421. The van der Waals surface area contributed by atoms with Crippen LogP contribution in [0.15, 0.2) is 65.6 Å². The number of carbonyl (C=O) groups is 1. The molecule has 3 aromatic rings. The van der Waals surface area contributed by atoms with Gasteiger partial charge < -0.3 is 14.8 Å². The van der Waals surface area contributed by atoms with E-state index in [2.05, 4.69) is 5.32 Å². The molecular weight excluding hydrogens is 454 g/mol. The number of nitrogens with zero attached hydrogens (tertiary/aromatic N) is 1. The van der Waals surface area contributed by atoms with Crippen molar-refractivity contribution in [3.63, 3.8) is 0 Å². The lowest BCUT2D eigenvalue weighted by Crippen LogP contribution is -2.38. The molecule has 0 heterocycles. The number of methoxy groups -OCH3 is 2. The van der Waals surface area contributed by atoms with Gasteiger partial charge in [-0.05, 0) is 61.0 Å². The number of sulfonamides is 1. The Kier molecular flexibility index (Phi) is 7.17. The van der Waals surface area contributed by atoms with E-state index in [0.717, 1.165) is 22.5 Å². The molecule has 0 saturated carbocycles. The molecule has 0 spiro atoms. The molecule has 0 aliphatic heterocycles. The zero-order valence-corrected chi connectivity index (χ0v) is 18.9. The summed E-state index contributed by atoms with van der Waals surface area (Å²) in [6.07, 6.45) is 0. The molecular formula is C23H22F2N2O5S. The van der Waals surface area contributed by atoms with Gasteiger partial charge in [-0.15, -0.1) is 0 Å². The summed E-state index contributed by atoms with van der Waals surface area (Å²) in [5, 5.41) is 2.22. The summed E-state index contributed by atoms with van der Waals surface area (Å²) in [6.45, 7) is 1.01. The molecule has 3 aromatic carbocycles. The summed E-state index contributed by atoms with van der Waals surface area (Å²) in [6, 6.07) is 13.2. The monoisotopic (exact) mass is 476 g/mol. The lowest BCUT2D eigenvalue weighted by Gasteiger charge is -2.25. The largest absolute Gasteiger partial charge is 0.497 e. The number of hydrogen-bond donors (Lipinski definition) is 1. The Labute approximate surface area is 190 Å². The topological polar surface area (TPSA) is 84.9 Å². The minimum Gasteiger partial charge on any atom is -0.497 e. The molecule has 0 aromatic heterocycles. The molecule has 0 radical (unpaired) electrons. The molecule has 1 amide bonds. The van der Waals surface area contributed by atoms with Gasteiger partial charge in [0.05, 0.1) is 25.6 Å². The van der Waals surface area contributed by atoms with Crippen LogP contribution in [0.4, 0.5) is 20.2 Å². The van der Waals surface area contributed by atoms with Gasteiger partial charge in [-0.3, -0.25) is 9.10 Å². The zero-order valence-electron chi connectivity index (χ0n) is 18.1. The molecule has 10 heteroatoms. The van der Waals surface area contributed by atoms with Gasteiger partial charge in [-0.25, -0.2) is 17.2 Å². The number of amides is 1. The third-order valence-corrected chi connectivity index (χ3v) is 6.53. The number of aryl methyl sites for hydroxylation is 1. The van der Waals surface area contributed by atoms with E-state index in [1.807, 2.05) is 0 Å². The van der Waals surface area contributed by atoms with Gasteiger partial charge in [0, 0.05) is 6.07 Å². The van der Waals surface area contributed by atoms with Gasteiger partial charge in [0.25, 0.3) is 10.0 Å². The van der Waals surface area contributed by atoms with Crippen molar-refractivity contribution in [2.45, 2.75) is 11.8 Å². The fourth-order valence-electron chi connectivity index (χ4n) is 3.08. The van der Waals surface area contributed by atoms with Crippen molar-refractivity contribution in [3.05, 3.63) is 77.9 Å². The fourth-order valence-corrected chi connectivity index (χ4v) is 4.75. The SMILES string of the molecule is COc1ccc(N(CC(=O)Nc2cc(F)ccc2F)S(=O)(=O)c2cc(C)ccc2OC)cc1. The van der Waals surface area contributed by atoms with Gasteiger partial charge in [-0.1, -0.05) is 6.07 Å². The van der Waals surface area contributed by atoms with Crippen molar-refractivity contribution in [2.24, 2.45) is 0 Å². The Morgan fingerprint density at radius 3 is 2.30 bits per heavy atom. The van der Waals surface area contributed by atoms with Gasteiger partial charge in [-0.2, -0.15) is 0 Å². The number of halogens is 2. The second kappa shape index (κ2) is 9.86. The minimum atomic E-state index is -4.31. The van der Waals surface area contributed by atoms with Crippen molar-refractivity contribution in [2.75, 3.05) is 30.4 Å². The highest BCUT2D eigenvalue weighted by Gasteiger charge is 2.30. The van der Waals surface area contributed by atoms with Crippen LogP contribution in [0.1, 0.15) is 5.56 Å². The summed E-state index contributed by atoms with van der Waals surface area (Å²) >= 11 is 0. The van der Waals surface area contributed by atoms with Crippen LogP contribution < -0.4 is 19.1 Å². The molecule has 0 aliphatic rings. The molecule has 0 unspecified atom stereocenters. The highest BCUT2D eigenvalue weighted by atomic mass is 32.2. The first-order valence-electron chi connectivity index (χ1n) is 9.72. The van der Waals surface area contributed by atoms with Crippen LogP contribution in [-0.2, 0) is 14.8 Å². The smallest absolute Gasteiger partial charge is 0.268 e. The first kappa shape index (κ1) is 24.0. The lowest BCUT2D eigenvalue weighted by molar-refractivity contribution is -0.114. The molecule has 0 saturated heterocycles. The highest BCUT2D eigenvalue weighted by Crippen LogP contribution is 2.31. The third-order valence-electron chi connectivity index (χ3n) is 4.74. The predicted molar refractivity (Wildman–Crippen MR) is 120 cm³/mol. The molecule has 0 aliphatic carbocycles. The Morgan fingerprint density at radius 2 is 1.67 bits per heavy atom. The van der Waals surface area contributed by atoms with Crippen LogP contribution >= 0.6 is 0 Å². The minimum absolute atomic E-state index is 0.0932. The van der Waals surface area contributed by atoms with Crippen LogP contribution in [0.5, 0.6) is 11.5 Å². The van der Waals surface area contributed by atoms with E-state index >= 15 is 0 Å². The number of rotatable bonds is 8. The van der Waals surface area contributed by atoms with Crippen LogP contribution in [-0.4, -0.2) is 35.1 Å². The summed E-state index contributed by atoms with van der Waals surface area (Å²) in [5.74, 6) is -1.91. The molecule has 174 valence electrons. The standard InChI is InChI=1S/C23H22F2N2O5S/c1-15-4-11-21(32-3)22(12-15)33(29,30)27(17-6-8-18(31-2)9-7-17)14-23(28)26-20-13-16(24)5-10-19(20)25/h4-13H,14H2,1-3H3,(H,26,28). The maximum Gasteiger partial charge on any atom is 0.268 e. The highest BCUT2D eigenvalue weighted by molar-refractivity contribution is 7.93. The maximum absolute atomic E-state index is 14.0. The molecule has 0 atom stereocenters. The molecule has 3 rings (SSSR count). The fraction of sp³-hybridized carbons (Fsp3) is 0.174. The van der Waals surface area contributed by atoms with Crippen molar-refractivity contribution in [3.8, 4) is 11.5 Å². The van der Waals surface area contributed by atoms with E-state index in [-0.39, 0.29) is 16.3 Å². The van der Waals surface area contributed by atoms with Crippen molar-refractivity contribution in [1.82, 2.24) is 0 Å². The number of anilines is 2. The molecule has 1 N–H and O–H groups in total.